The van der Waals surface area contributed by atoms with E-state index in [0.717, 1.165) is 14.3 Å². The van der Waals surface area contributed by atoms with Crippen molar-refractivity contribution >= 4 is 45.3 Å². The van der Waals surface area contributed by atoms with Gasteiger partial charge in [-0.25, -0.2) is 9.59 Å². The summed E-state index contributed by atoms with van der Waals surface area (Å²) in [6, 6.07) is 9.20. The Balaban J connectivity index is 2.53. The lowest BCUT2D eigenvalue weighted by atomic mass is 10.0. The van der Waals surface area contributed by atoms with Crippen molar-refractivity contribution in [2.45, 2.75) is 0 Å². The molecular formula is C12H5IO3. The van der Waals surface area contributed by atoms with E-state index in [2.05, 4.69) is 27.3 Å². The summed E-state index contributed by atoms with van der Waals surface area (Å²) in [6.45, 7) is 0. The predicted octanol–water partition coefficient (Wildman–Crippen LogP) is 2.76. The number of esters is 2. The summed E-state index contributed by atoms with van der Waals surface area (Å²) in [7, 11) is 0. The summed E-state index contributed by atoms with van der Waals surface area (Å²) in [5.74, 6) is -1.10. The summed E-state index contributed by atoms with van der Waals surface area (Å²) >= 11 is 2.15. The van der Waals surface area contributed by atoms with E-state index >= 15 is 0 Å². The monoisotopic (exact) mass is 324 g/mol. The fourth-order valence-corrected chi connectivity index (χ4v) is 2.68. The average molecular weight is 324 g/mol. The van der Waals surface area contributed by atoms with Gasteiger partial charge in [-0.1, -0.05) is 24.3 Å². The zero-order valence-corrected chi connectivity index (χ0v) is 10.1. The molecule has 3 nitrogen and oxygen atoms in total. The van der Waals surface area contributed by atoms with E-state index in [1.54, 1.807) is 6.07 Å². The lowest BCUT2D eigenvalue weighted by molar-refractivity contribution is 0.0444. The van der Waals surface area contributed by atoms with Crippen LogP contribution in [0.2, 0.25) is 0 Å². The third-order valence-corrected chi connectivity index (χ3v) is 3.50. The maximum Gasteiger partial charge on any atom is 0.347 e. The van der Waals surface area contributed by atoms with E-state index in [9.17, 15) is 9.59 Å². The largest absolute Gasteiger partial charge is 0.386 e. The molecule has 4 heteroatoms. The Morgan fingerprint density at radius 3 is 2.44 bits per heavy atom. The molecule has 0 atom stereocenters. The molecule has 0 aliphatic carbocycles. The maximum absolute atomic E-state index is 11.6. The predicted molar refractivity (Wildman–Crippen MR) is 66.4 cm³/mol. The first-order chi connectivity index (χ1) is 7.68. The number of fused-ring (bicyclic) bond motifs is 3. The SMILES string of the molecule is O=C1OC(=O)c2c1cc(I)c1ccccc21. The maximum atomic E-state index is 11.6. The lowest BCUT2D eigenvalue weighted by Crippen LogP contribution is -1.97. The Labute approximate surface area is 105 Å². The van der Waals surface area contributed by atoms with Crippen LogP contribution in [0.25, 0.3) is 10.8 Å². The third kappa shape index (κ3) is 1.19. The molecule has 0 saturated carbocycles. The number of cyclic esters (lactones) is 2. The number of ether oxygens (including phenoxy) is 1. The minimum absolute atomic E-state index is 0.369. The molecule has 0 amide bonds. The first-order valence-corrected chi connectivity index (χ1v) is 5.74. The Hall–Kier alpha value is -1.43. The molecule has 16 heavy (non-hydrogen) atoms. The van der Waals surface area contributed by atoms with Gasteiger partial charge in [0.25, 0.3) is 0 Å². The van der Waals surface area contributed by atoms with Gasteiger partial charge < -0.3 is 4.74 Å². The zero-order chi connectivity index (χ0) is 11.3. The molecule has 0 spiro atoms. The van der Waals surface area contributed by atoms with Crippen LogP contribution in [0.15, 0.2) is 30.3 Å². The van der Waals surface area contributed by atoms with Gasteiger partial charge >= 0.3 is 11.9 Å². The van der Waals surface area contributed by atoms with Gasteiger partial charge in [-0.05, 0) is 39.4 Å². The fourth-order valence-electron chi connectivity index (χ4n) is 1.90. The van der Waals surface area contributed by atoms with E-state index in [1.165, 1.54) is 0 Å². The molecule has 0 aromatic heterocycles. The quantitative estimate of drug-likeness (QED) is 0.425. The van der Waals surface area contributed by atoms with Gasteiger partial charge in [0, 0.05) is 3.57 Å². The number of carbonyl (C=O) groups is 2. The highest BCUT2D eigenvalue weighted by Crippen LogP contribution is 2.31. The summed E-state index contributed by atoms with van der Waals surface area (Å²) in [5, 5.41) is 1.74. The van der Waals surface area contributed by atoms with Crippen LogP contribution in [-0.4, -0.2) is 11.9 Å². The Bertz CT molecular complexity index is 646. The first-order valence-electron chi connectivity index (χ1n) is 4.66. The van der Waals surface area contributed by atoms with Crippen molar-refractivity contribution in [3.05, 3.63) is 45.0 Å². The minimum atomic E-state index is -0.552. The van der Waals surface area contributed by atoms with Crippen LogP contribution < -0.4 is 0 Å². The molecular weight excluding hydrogens is 319 g/mol. The molecule has 2 aromatic rings. The van der Waals surface area contributed by atoms with Crippen LogP contribution >= 0.6 is 22.6 Å². The molecule has 1 aliphatic rings. The van der Waals surface area contributed by atoms with Gasteiger partial charge in [0.05, 0.1) is 11.1 Å². The van der Waals surface area contributed by atoms with Crippen molar-refractivity contribution < 1.29 is 14.3 Å². The molecule has 1 aliphatic heterocycles. The van der Waals surface area contributed by atoms with Crippen molar-refractivity contribution in [1.82, 2.24) is 0 Å². The van der Waals surface area contributed by atoms with Gasteiger partial charge in [-0.15, -0.1) is 0 Å². The topological polar surface area (TPSA) is 43.4 Å². The number of hydrogen-bond donors (Lipinski definition) is 0. The Morgan fingerprint density at radius 2 is 1.69 bits per heavy atom. The Kier molecular flexibility index (Phi) is 2.00. The van der Waals surface area contributed by atoms with Gasteiger partial charge in [0.1, 0.15) is 0 Å². The molecule has 0 radical (unpaired) electrons. The normalized spacial score (nSPS) is 14.1. The van der Waals surface area contributed by atoms with Crippen molar-refractivity contribution in [3.63, 3.8) is 0 Å². The van der Waals surface area contributed by atoms with E-state index in [4.69, 9.17) is 0 Å². The Morgan fingerprint density at radius 1 is 1.00 bits per heavy atom. The zero-order valence-electron chi connectivity index (χ0n) is 7.99. The molecule has 0 saturated heterocycles. The van der Waals surface area contributed by atoms with E-state index in [1.807, 2.05) is 24.3 Å². The molecule has 2 aromatic carbocycles. The summed E-state index contributed by atoms with van der Waals surface area (Å²) in [6.07, 6.45) is 0. The summed E-state index contributed by atoms with van der Waals surface area (Å²) in [5.41, 5.74) is 0.758. The first kappa shape index (κ1) is 9.77. The summed E-state index contributed by atoms with van der Waals surface area (Å²) in [4.78, 5) is 23.0. The number of benzene rings is 2. The molecule has 0 bridgehead atoms. The highest BCUT2D eigenvalue weighted by Gasteiger charge is 2.32. The van der Waals surface area contributed by atoms with Crippen LogP contribution in [0, 0.1) is 3.57 Å². The molecule has 0 fully saturated rings. The molecule has 0 N–H and O–H groups in total. The third-order valence-electron chi connectivity index (χ3n) is 2.60. The van der Waals surface area contributed by atoms with Crippen molar-refractivity contribution in [3.8, 4) is 0 Å². The van der Waals surface area contributed by atoms with Crippen molar-refractivity contribution in [2.75, 3.05) is 0 Å². The van der Waals surface area contributed by atoms with E-state index in [-0.39, 0.29) is 0 Å². The molecule has 1 heterocycles. The minimum Gasteiger partial charge on any atom is -0.386 e. The summed E-state index contributed by atoms with van der Waals surface area (Å²) < 4.78 is 5.56. The molecule has 78 valence electrons. The number of carbonyl (C=O) groups excluding carboxylic acids is 2. The van der Waals surface area contributed by atoms with Crippen molar-refractivity contribution in [2.24, 2.45) is 0 Å². The highest BCUT2D eigenvalue weighted by atomic mass is 127. The van der Waals surface area contributed by atoms with Crippen LogP contribution in [0.5, 0.6) is 0 Å². The average Bonchev–Trinajstić information content (AvgIpc) is 2.55. The second-order valence-electron chi connectivity index (χ2n) is 3.50. The smallest absolute Gasteiger partial charge is 0.347 e. The van der Waals surface area contributed by atoms with Gasteiger partial charge in [0.15, 0.2) is 0 Å². The highest BCUT2D eigenvalue weighted by molar-refractivity contribution is 14.1. The van der Waals surface area contributed by atoms with Gasteiger partial charge in [-0.2, -0.15) is 0 Å². The fraction of sp³-hybridized carbons (Fsp3) is 0. The van der Waals surface area contributed by atoms with Gasteiger partial charge in [0.2, 0.25) is 0 Å². The van der Waals surface area contributed by atoms with E-state index in [0.29, 0.717) is 11.1 Å². The lowest BCUT2D eigenvalue weighted by Gasteiger charge is -2.03. The standard InChI is InChI=1S/C12H5IO3/c13-9-5-8-10(12(15)16-11(8)14)7-4-2-1-3-6(7)9/h1-5H. The van der Waals surface area contributed by atoms with Crippen LogP contribution in [0.4, 0.5) is 0 Å². The van der Waals surface area contributed by atoms with Crippen LogP contribution in [0.3, 0.4) is 0 Å². The van der Waals surface area contributed by atoms with Gasteiger partial charge in [-0.3, -0.25) is 0 Å². The molecule has 3 rings (SSSR count). The van der Waals surface area contributed by atoms with Crippen LogP contribution in [0.1, 0.15) is 20.7 Å². The number of halogens is 1. The number of rotatable bonds is 0. The molecule has 0 unspecified atom stereocenters. The number of hydrogen-bond acceptors (Lipinski definition) is 3. The van der Waals surface area contributed by atoms with E-state index < -0.39 is 11.9 Å². The van der Waals surface area contributed by atoms with Crippen LogP contribution in [-0.2, 0) is 4.74 Å². The second kappa shape index (κ2) is 3.28. The van der Waals surface area contributed by atoms with Crippen molar-refractivity contribution in [1.29, 1.82) is 0 Å². The second-order valence-corrected chi connectivity index (χ2v) is 4.67.